The van der Waals surface area contributed by atoms with Crippen LogP contribution in [-0.2, 0) is 0 Å². The number of ether oxygens (including phenoxy) is 2. The summed E-state index contributed by atoms with van der Waals surface area (Å²) in [5.41, 5.74) is 0.426. The number of halogens is 1. The third-order valence-corrected chi connectivity index (χ3v) is 4.43. The molecule has 1 aliphatic carbocycles. The molecule has 0 bridgehead atoms. The molecule has 2 unspecified atom stereocenters. The highest BCUT2D eigenvalue weighted by Gasteiger charge is 2.26. The first-order valence-corrected chi connectivity index (χ1v) is 7.77. The van der Waals surface area contributed by atoms with E-state index >= 15 is 0 Å². The molecule has 0 aromatic heterocycles. The van der Waals surface area contributed by atoms with Crippen LogP contribution in [0.25, 0.3) is 0 Å². The first-order chi connectivity index (χ1) is 10.2. The van der Waals surface area contributed by atoms with E-state index in [0.29, 0.717) is 17.1 Å². The molecule has 1 aliphatic rings. The zero-order valence-corrected chi connectivity index (χ0v) is 13.3. The normalized spacial score (nSPS) is 22.2. The summed E-state index contributed by atoms with van der Waals surface area (Å²) in [6.45, 7) is 0. The predicted octanol–water partition coefficient (Wildman–Crippen LogP) is 3.37. The molecule has 0 heterocycles. The lowest BCUT2D eigenvalue weighted by Crippen LogP contribution is -2.40. The van der Waals surface area contributed by atoms with Gasteiger partial charge in [-0.05, 0) is 25.0 Å². The topological polar surface area (TPSA) is 47.6 Å². The van der Waals surface area contributed by atoms with E-state index in [-0.39, 0.29) is 17.3 Å². The highest BCUT2D eigenvalue weighted by Crippen LogP contribution is 2.29. The summed E-state index contributed by atoms with van der Waals surface area (Å²) >= 11 is 6.39. The van der Waals surface area contributed by atoms with Gasteiger partial charge in [0, 0.05) is 6.04 Å². The third kappa shape index (κ3) is 3.82. The average Bonchev–Trinajstić information content (AvgIpc) is 2.71. The molecular formula is C16H22ClNO3. The molecule has 0 saturated heterocycles. The molecule has 1 fully saturated rings. The standard InChI is InChI=1S/C16H22ClNO3/c1-20-13-9-6-10-14(21-2)15(13)16(19)18-12-8-5-3-4-7-11(12)17/h6,9-12H,3-5,7-8H2,1-2H3,(H,18,19). The van der Waals surface area contributed by atoms with Crippen LogP contribution in [0, 0.1) is 0 Å². The van der Waals surface area contributed by atoms with Gasteiger partial charge in [0.1, 0.15) is 17.1 Å². The molecule has 4 nitrogen and oxygen atoms in total. The van der Waals surface area contributed by atoms with Crippen molar-refractivity contribution in [3.05, 3.63) is 23.8 Å². The van der Waals surface area contributed by atoms with Crippen molar-refractivity contribution in [2.24, 2.45) is 0 Å². The Morgan fingerprint density at radius 2 is 1.76 bits per heavy atom. The number of hydrogen-bond acceptors (Lipinski definition) is 3. The van der Waals surface area contributed by atoms with Gasteiger partial charge in [0.2, 0.25) is 0 Å². The summed E-state index contributed by atoms with van der Waals surface area (Å²) in [7, 11) is 3.09. The third-order valence-electron chi connectivity index (χ3n) is 3.90. The first-order valence-electron chi connectivity index (χ1n) is 7.33. The minimum Gasteiger partial charge on any atom is -0.496 e. The molecule has 0 aliphatic heterocycles. The fourth-order valence-electron chi connectivity index (χ4n) is 2.74. The number of nitrogens with one attached hydrogen (secondary N) is 1. The average molecular weight is 312 g/mol. The van der Waals surface area contributed by atoms with Crippen LogP contribution in [0.1, 0.15) is 42.5 Å². The van der Waals surface area contributed by atoms with Gasteiger partial charge >= 0.3 is 0 Å². The Bertz CT molecular complexity index is 470. The van der Waals surface area contributed by atoms with Gasteiger partial charge in [-0.3, -0.25) is 4.79 Å². The van der Waals surface area contributed by atoms with Crippen LogP contribution >= 0.6 is 11.6 Å². The number of carbonyl (C=O) groups is 1. The molecule has 2 rings (SSSR count). The summed E-state index contributed by atoms with van der Waals surface area (Å²) in [5.74, 6) is 0.819. The summed E-state index contributed by atoms with van der Waals surface area (Å²) < 4.78 is 10.6. The number of rotatable bonds is 4. The molecule has 0 spiro atoms. The maximum absolute atomic E-state index is 12.6. The van der Waals surface area contributed by atoms with Crippen molar-refractivity contribution in [3.63, 3.8) is 0 Å². The summed E-state index contributed by atoms with van der Waals surface area (Å²) in [6, 6.07) is 5.30. The van der Waals surface area contributed by atoms with Crippen molar-refractivity contribution in [3.8, 4) is 11.5 Å². The SMILES string of the molecule is COc1cccc(OC)c1C(=O)NC1CCCCCC1Cl. The van der Waals surface area contributed by atoms with Gasteiger partial charge in [0.25, 0.3) is 5.91 Å². The summed E-state index contributed by atoms with van der Waals surface area (Å²) in [6.07, 6.45) is 5.25. The number of amides is 1. The minimum atomic E-state index is -0.193. The van der Waals surface area contributed by atoms with Crippen molar-refractivity contribution < 1.29 is 14.3 Å². The lowest BCUT2D eigenvalue weighted by molar-refractivity contribution is 0.0927. The zero-order chi connectivity index (χ0) is 15.2. The highest BCUT2D eigenvalue weighted by molar-refractivity contribution is 6.21. The molecule has 1 N–H and O–H groups in total. The van der Waals surface area contributed by atoms with Crippen molar-refractivity contribution in [1.82, 2.24) is 5.32 Å². The largest absolute Gasteiger partial charge is 0.496 e. The van der Waals surface area contributed by atoms with Crippen LogP contribution in [-0.4, -0.2) is 31.5 Å². The van der Waals surface area contributed by atoms with E-state index in [2.05, 4.69) is 5.32 Å². The lowest BCUT2D eigenvalue weighted by Gasteiger charge is -2.22. The van der Waals surface area contributed by atoms with Crippen LogP contribution in [0.3, 0.4) is 0 Å². The lowest BCUT2D eigenvalue weighted by atomic mass is 10.1. The van der Waals surface area contributed by atoms with Crippen molar-refractivity contribution in [2.45, 2.75) is 43.5 Å². The number of hydrogen-bond donors (Lipinski definition) is 1. The number of alkyl halides is 1. The van der Waals surface area contributed by atoms with E-state index in [0.717, 1.165) is 25.7 Å². The zero-order valence-electron chi connectivity index (χ0n) is 12.5. The van der Waals surface area contributed by atoms with Crippen LogP contribution in [0.4, 0.5) is 0 Å². The highest BCUT2D eigenvalue weighted by atomic mass is 35.5. The molecular weight excluding hydrogens is 290 g/mol. The van der Waals surface area contributed by atoms with E-state index in [4.69, 9.17) is 21.1 Å². The van der Waals surface area contributed by atoms with E-state index in [1.165, 1.54) is 6.42 Å². The molecule has 1 saturated carbocycles. The fraction of sp³-hybridized carbons (Fsp3) is 0.562. The second kappa shape index (κ2) is 7.55. The Morgan fingerprint density at radius 3 is 2.38 bits per heavy atom. The summed E-state index contributed by atoms with van der Waals surface area (Å²) in [4.78, 5) is 12.6. The minimum absolute atomic E-state index is 0.00344. The Balaban J connectivity index is 2.19. The summed E-state index contributed by atoms with van der Waals surface area (Å²) in [5, 5.41) is 3.03. The smallest absolute Gasteiger partial charge is 0.259 e. The van der Waals surface area contributed by atoms with Crippen LogP contribution in [0.5, 0.6) is 11.5 Å². The van der Waals surface area contributed by atoms with E-state index in [1.807, 2.05) is 0 Å². The molecule has 1 aromatic carbocycles. The monoisotopic (exact) mass is 311 g/mol. The van der Waals surface area contributed by atoms with Gasteiger partial charge in [-0.25, -0.2) is 0 Å². The Hall–Kier alpha value is -1.42. The van der Waals surface area contributed by atoms with Gasteiger partial charge in [0.15, 0.2) is 0 Å². The quantitative estimate of drug-likeness (QED) is 0.685. The van der Waals surface area contributed by atoms with Crippen molar-refractivity contribution in [2.75, 3.05) is 14.2 Å². The first kappa shape index (κ1) is 16.0. The molecule has 21 heavy (non-hydrogen) atoms. The molecule has 1 aromatic rings. The molecule has 2 atom stereocenters. The van der Waals surface area contributed by atoms with Crippen molar-refractivity contribution >= 4 is 17.5 Å². The fourth-order valence-corrected chi connectivity index (χ4v) is 3.08. The Kier molecular flexibility index (Phi) is 5.74. The second-order valence-electron chi connectivity index (χ2n) is 5.27. The number of benzene rings is 1. The number of carbonyl (C=O) groups excluding carboxylic acids is 1. The molecule has 5 heteroatoms. The van der Waals surface area contributed by atoms with E-state index in [1.54, 1.807) is 32.4 Å². The van der Waals surface area contributed by atoms with E-state index in [9.17, 15) is 4.79 Å². The van der Waals surface area contributed by atoms with E-state index < -0.39 is 0 Å². The van der Waals surface area contributed by atoms with Crippen LogP contribution < -0.4 is 14.8 Å². The van der Waals surface area contributed by atoms with Crippen LogP contribution in [0.2, 0.25) is 0 Å². The van der Waals surface area contributed by atoms with Gasteiger partial charge in [-0.15, -0.1) is 11.6 Å². The van der Waals surface area contributed by atoms with Gasteiger partial charge in [-0.2, -0.15) is 0 Å². The molecule has 0 radical (unpaired) electrons. The molecule has 1 amide bonds. The Labute approximate surface area is 130 Å². The van der Waals surface area contributed by atoms with Crippen molar-refractivity contribution in [1.29, 1.82) is 0 Å². The van der Waals surface area contributed by atoms with Gasteiger partial charge < -0.3 is 14.8 Å². The van der Waals surface area contributed by atoms with Crippen LogP contribution in [0.15, 0.2) is 18.2 Å². The van der Waals surface area contributed by atoms with Gasteiger partial charge in [-0.1, -0.05) is 25.3 Å². The second-order valence-corrected chi connectivity index (χ2v) is 5.83. The predicted molar refractivity (Wildman–Crippen MR) is 83.5 cm³/mol. The Morgan fingerprint density at radius 1 is 1.14 bits per heavy atom. The maximum Gasteiger partial charge on any atom is 0.259 e. The van der Waals surface area contributed by atoms with Gasteiger partial charge in [0.05, 0.1) is 19.6 Å². The molecule has 116 valence electrons. The number of methoxy groups -OCH3 is 2. The maximum atomic E-state index is 12.6.